The minimum Gasteiger partial charge on any atom is -0.491 e. The van der Waals surface area contributed by atoms with Gasteiger partial charge < -0.3 is 21.0 Å². The van der Waals surface area contributed by atoms with E-state index in [4.69, 9.17) is 15.7 Å². The third kappa shape index (κ3) is 4.46. The normalized spacial score (nSPS) is 13.1. The first-order valence-electron chi connectivity index (χ1n) is 6.53. The number of rotatable bonds is 6. The van der Waals surface area contributed by atoms with Gasteiger partial charge in [-0.3, -0.25) is 4.79 Å². The molecule has 0 heterocycles. The first kappa shape index (κ1) is 15.8. The number of amidine groups is 1. The van der Waals surface area contributed by atoms with Crippen LogP contribution in [0.5, 0.6) is 5.75 Å². The molecule has 1 aromatic carbocycles. The summed E-state index contributed by atoms with van der Waals surface area (Å²) in [6, 6.07) is 7.04. The Morgan fingerprint density at radius 1 is 1.40 bits per heavy atom. The maximum atomic E-state index is 12.0. The average Bonchev–Trinajstić information content (AvgIpc) is 2.41. The van der Waals surface area contributed by atoms with Gasteiger partial charge in [-0.25, -0.2) is 0 Å². The molecule has 1 rings (SSSR count). The first-order chi connectivity index (χ1) is 9.47. The summed E-state index contributed by atoms with van der Waals surface area (Å²) in [6.45, 7) is 5.68. The van der Waals surface area contributed by atoms with E-state index in [0.717, 1.165) is 5.75 Å². The van der Waals surface area contributed by atoms with Crippen molar-refractivity contribution in [2.24, 2.45) is 16.8 Å². The highest BCUT2D eigenvalue weighted by Gasteiger charge is 2.21. The minimum atomic E-state index is -0.647. The molecule has 110 valence electrons. The summed E-state index contributed by atoms with van der Waals surface area (Å²) in [5, 5.41) is 14.2. The molecule has 0 spiro atoms. The fourth-order valence-electron chi connectivity index (χ4n) is 1.72. The number of nitrogens with two attached hydrogens (primary N) is 1. The molecule has 1 unspecified atom stereocenters. The summed E-state index contributed by atoms with van der Waals surface area (Å²) in [4.78, 5) is 12.0. The molecule has 0 radical (unpaired) electrons. The number of amides is 1. The Morgan fingerprint density at radius 2 is 2.00 bits per heavy atom. The zero-order valence-corrected chi connectivity index (χ0v) is 12.0. The molecule has 1 atom stereocenters. The van der Waals surface area contributed by atoms with Crippen molar-refractivity contribution in [2.75, 3.05) is 5.32 Å². The van der Waals surface area contributed by atoms with E-state index in [1.807, 2.05) is 13.8 Å². The van der Waals surface area contributed by atoms with Crippen LogP contribution in [0.3, 0.4) is 0 Å². The molecule has 0 saturated heterocycles. The number of ether oxygens (including phenoxy) is 1. The molecule has 6 nitrogen and oxygen atoms in total. The molecular formula is C14H21N3O3. The van der Waals surface area contributed by atoms with Crippen LogP contribution in [0.2, 0.25) is 0 Å². The van der Waals surface area contributed by atoms with Gasteiger partial charge in [0.15, 0.2) is 5.84 Å². The maximum absolute atomic E-state index is 12.0. The van der Waals surface area contributed by atoms with Crippen molar-refractivity contribution in [1.82, 2.24) is 0 Å². The van der Waals surface area contributed by atoms with E-state index in [-0.39, 0.29) is 17.8 Å². The predicted molar refractivity (Wildman–Crippen MR) is 78.0 cm³/mol. The van der Waals surface area contributed by atoms with Gasteiger partial charge in [0.25, 0.3) is 0 Å². The minimum absolute atomic E-state index is 0.0928. The third-order valence-corrected chi connectivity index (χ3v) is 2.69. The van der Waals surface area contributed by atoms with Crippen molar-refractivity contribution in [3.05, 3.63) is 24.3 Å². The second-order valence-electron chi connectivity index (χ2n) is 4.67. The summed E-state index contributed by atoms with van der Waals surface area (Å²) in [5.74, 6) is -0.307. The van der Waals surface area contributed by atoms with Gasteiger partial charge in [-0.1, -0.05) is 12.1 Å². The first-order valence-corrected chi connectivity index (χ1v) is 6.53. The maximum Gasteiger partial charge on any atom is 0.235 e. The molecular weight excluding hydrogens is 258 g/mol. The van der Waals surface area contributed by atoms with Crippen LogP contribution in [0.25, 0.3) is 0 Å². The number of benzene rings is 1. The Morgan fingerprint density at radius 3 is 2.45 bits per heavy atom. The van der Waals surface area contributed by atoms with E-state index in [2.05, 4.69) is 10.5 Å². The smallest absolute Gasteiger partial charge is 0.235 e. The van der Waals surface area contributed by atoms with Crippen molar-refractivity contribution in [3.63, 3.8) is 0 Å². The number of hydrogen-bond acceptors (Lipinski definition) is 4. The van der Waals surface area contributed by atoms with Crippen molar-refractivity contribution >= 4 is 17.4 Å². The van der Waals surface area contributed by atoms with E-state index in [1.165, 1.54) is 0 Å². The Labute approximate surface area is 118 Å². The molecule has 0 aliphatic carbocycles. The number of carbonyl (C=O) groups excluding carboxylic acids is 1. The van der Waals surface area contributed by atoms with Gasteiger partial charge in [-0.05, 0) is 44.5 Å². The molecule has 0 saturated carbocycles. The molecule has 0 aliphatic rings. The molecule has 20 heavy (non-hydrogen) atoms. The van der Waals surface area contributed by atoms with E-state index >= 15 is 0 Å². The quantitative estimate of drug-likeness (QED) is 0.322. The largest absolute Gasteiger partial charge is 0.491 e. The Balaban J connectivity index is 2.70. The summed E-state index contributed by atoms with van der Waals surface area (Å²) >= 11 is 0. The molecule has 1 amide bonds. The monoisotopic (exact) mass is 279 g/mol. The molecule has 6 heteroatoms. The van der Waals surface area contributed by atoms with E-state index < -0.39 is 5.92 Å². The standard InChI is InChI=1S/C14H21N3O3/c1-4-12(13(15)17-19)14(18)16-10-5-7-11(8-6-10)20-9(2)3/h5-9,12,19H,4H2,1-3H3,(H2,15,17)(H,16,18). The highest BCUT2D eigenvalue weighted by Crippen LogP contribution is 2.18. The Kier molecular flexibility index (Phi) is 5.83. The Hall–Kier alpha value is -2.24. The van der Waals surface area contributed by atoms with Gasteiger partial charge in [-0.15, -0.1) is 0 Å². The number of oxime groups is 1. The summed E-state index contributed by atoms with van der Waals surface area (Å²) < 4.78 is 5.51. The zero-order chi connectivity index (χ0) is 15.1. The van der Waals surface area contributed by atoms with Gasteiger partial charge in [-0.2, -0.15) is 0 Å². The fourth-order valence-corrected chi connectivity index (χ4v) is 1.72. The molecule has 0 aliphatic heterocycles. The van der Waals surface area contributed by atoms with Crippen LogP contribution < -0.4 is 15.8 Å². The number of hydrogen-bond donors (Lipinski definition) is 3. The lowest BCUT2D eigenvalue weighted by atomic mass is 10.0. The second kappa shape index (κ2) is 7.37. The van der Waals surface area contributed by atoms with Crippen LogP contribution in [-0.4, -0.2) is 23.1 Å². The molecule has 1 aromatic rings. The van der Waals surface area contributed by atoms with Crippen LogP contribution >= 0.6 is 0 Å². The highest BCUT2D eigenvalue weighted by molar-refractivity contribution is 6.07. The number of carbonyl (C=O) groups is 1. The summed E-state index contributed by atoms with van der Waals surface area (Å²) in [7, 11) is 0. The highest BCUT2D eigenvalue weighted by atomic mass is 16.5. The van der Waals surface area contributed by atoms with Crippen molar-refractivity contribution in [1.29, 1.82) is 0 Å². The number of anilines is 1. The van der Waals surface area contributed by atoms with Gasteiger partial charge in [0.2, 0.25) is 5.91 Å². The molecule has 0 fully saturated rings. The zero-order valence-electron chi connectivity index (χ0n) is 12.0. The van der Waals surface area contributed by atoms with Crippen LogP contribution in [-0.2, 0) is 4.79 Å². The van der Waals surface area contributed by atoms with Crippen LogP contribution in [0.15, 0.2) is 29.4 Å². The van der Waals surface area contributed by atoms with Crippen LogP contribution in [0, 0.1) is 5.92 Å². The number of nitrogens with zero attached hydrogens (tertiary/aromatic N) is 1. The Bertz CT molecular complexity index is 469. The van der Waals surface area contributed by atoms with E-state index in [1.54, 1.807) is 31.2 Å². The lowest BCUT2D eigenvalue weighted by Crippen LogP contribution is -2.34. The van der Waals surface area contributed by atoms with E-state index in [9.17, 15) is 4.79 Å². The lowest BCUT2D eigenvalue weighted by Gasteiger charge is -2.14. The second-order valence-corrected chi connectivity index (χ2v) is 4.67. The summed E-state index contributed by atoms with van der Waals surface area (Å²) in [6.07, 6.45) is 0.552. The molecule has 0 bridgehead atoms. The van der Waals surface area contributed by atoms with Crippen LogP contribution in [0.4, 0.5) is 5.69 Å². The van der Waals surface area contributed by atoms with Crippen molar-refractivity contribution < 1.29 is 14.7 Å². The van der Waals surface area contributed by atoms with Crippen LogP contribution in [0.1, 0.15) is 27.2 Å². The number of nitrogens with one attached hydrogen (secondary N) is 1. The van der Waals surface area contributed by atoms with E-state index in [0.29, 0.717) is 12.1 Å². The lowest BCUT2D eigenvalue weighted by molar-refractivity contribution is -0.118. The van der Waals surface area contributed by atoms with Gasteiger partial charge in [0, 0.05) is 5.69 Å². The predicted octanol–water partition coefficient (Wildman–Crippen LogP) is 2.18. The van der Waals surface area contributed by atoms with Crippen molar-refractivity contribution in [2.45, 2.75) is 33.3 Å². The fraction of sp³-hybridized carbons (Fsp3) is 0.429. The average molecular weight is 279 g/mol. The van der Waals surface area contributed by atoms with Gasteiger partial charge >= 0.3 is 0 Å². The van der Waals surface area contributed by atoms with Gasteiger partial charge in [0.05, 0.1) is 12.0 Å². The molecule has 4 N–H and O–H groups in total. The van der Waals surface area contributed by atoms with Crippen molar-refractivity contribution in [3.8, 4) is 5.75 Å². The summed E-state index contributed by atoms with van der Waals surface area (Å²) in [5.41, 5.74) is 6.11. The third-order valence-electron chi connectivity index (χ3n) is 2.69. The SMILES string of the molecule is CCC(C(=O)Nc1ccc(OC(C)C)cc1)C(N)=NO. The topological polar surface area (TPSA) is 96.9 Å². The van der Waals surface area contributed by atoms with Gasteiger partial charge in [0.1, 0.15) is 5.75 Å². The molecule has 0 aromatic heterocycles.